The Hall–Kier alpha value is -1.72. The summed E-state index contributed by atoms with van der Waals surface area (Å²) in [4.78, 5) is 4.32. The van der Waals surface area contributed by atoms with Gasteiger partial charge in [-0.15, -0.1) is 0 Å². The van der Waals surface area contributed by atoms with Gasteiger partial charge in [-0.1, -0.05) is 38.1 Å². The second-order valence-corrected chi connectivity index (χ2v) is 5.56. The molecule has 0 saturated heterocycles. The van der Waals surface area contributed by atoms with Gasteiger partial charge < -0.3 is 10.1 Å². The molecule has 1 N–H and O–H groups in total. The van der Waals surface area contributed by atoms with Crippen LogP contribution in [0.2, 0.25) is 0 Å². The lowest BCUT2D eigenvalue weighted by Gasteiger charge is -2.11. The minimum absolute atomic E-state index is 0.563. The number of hydrogen-bond donors (Lipinski definition) is 1. The Morgan fingerprint density at radius 3 is 2.67 bits per heavy atom. The molecule has 0 radical (unpaired) electrons. The molecular weight excluding hydrogens is 264 g/mol. The molecule has 5 heteroatoms. The summed E-state index contributed by atoms with van der Waals surface area (Å²) in [5, 5.41) is 7.71. The van der Waals surface area contributed by atoms with Crippen molar-refractivity contribution in [3.63, 3.8) is 0 Å². The van der Waals surface area contributed by atoms with Crippen LogP contribution < -0.4 is 5.32 Å². The van der Waals surface area contributed by atoms with E-state index in [1.165, 1.54) is 11.1 Å². The van der Waals surface area contributed by atoms with Crippen LogP contribution in [0.15, 0.2) is 30.6 Å². The summed E-state index contributed by atoms with van der Waals surface area (Å²) in [5.41, 5.74) is 2.48. The van der Waals surface area contributed by atoms with E-state index in [0.717, 1.165) is 18.9 Å². The second-order valence-electron chi connectivity index (χ2n) is 5.56. The third kappa shape index (κ3) is 4.65. The van der Waals surface area contributed by atoms with Crippen molar-refractivity contribution in [1.29, 1.82) is 0 Å². The number of nitrogens with zero attached hydrogens (tertiary/aromatic N) is 3. The van der Waals surface area contributed by atoms with Gasteiger partial charge in [-0.05, 0) is 17.0 Å². The molecule has 0 atom stereocenters. The van der Waals surface area contributed by atoms with Crippen LogP contribution in [0, 0.1) is 5.92 Å². The molecule has 0 aliphatic carbocycles. The zero-order chi connectivity index (χ0) is 15.1. The van der Waals surface area contributed by atoms with Crippen molar-refractivity contribution >= 4 is 0 Å². The van der Waals surface area contributed by atoms with Crippen molar-refractivity contribution in [2.75, 3.05) is 7.11 Å². The summed E-state index contributed by atoms with van der Waals surface area (Å²) in [6.07, 6.45) is 1.62. The maximum atomic E-state index is 5.23. The summed E-state index contributed by atoms with van der Waals surface area (Å²) < 4.78 is 7.20. The molecule has 1 aromatic heterocycles. The molecule has 2 rings (SSSR count). The van der Waals surface area contributed by atoms with E-state index >= 15 is 0 Å². The highest BCUT2D eigenvalue weighted by atomic mass is 16.5. The van der Waals surface area contributed by atoms with E-state index in [2.05, 4.69) is 47.4 Å². The molecule has 114 valence electrons. The van der Waals surface area contributed by atoms with E-state index in [0.29, 0.717) is 19.1 Å². The highest BCUT2D eigenvalue weighted by Gasteiger charge is 2.06. The number of rotatable bonds is 8. The first-order chi connectivity index (χ1) is 10.2. The largest absolute Gasteiger partial charge is 0.380 e. The van der Waals surface area contributed by atoms with Crippen LogP contribution in [0.1, 0.15) is 30.8 Å². The Bertz CT molecular complexity index is 551. The van der Waals surface area contributed by atoms with Gasteiger partial charge in [0.2, 0.25) is 0 Å². The fraction of sp³-hybridized carbons (Fsp3) is 0.500. The first-order valence-electron chi connectivity index (χ1n) is 7.33. The van der Waals surface area contributed by atoms with Gasteiger partial charge in [-0.2, -0.15) is 5.10 Å². The van der Waals surface area contributed by atoms with Crippen molar-refractivity contribution in [2.24, 2.45) is 5.92 Å². The summed E-state index contributed by atoms with van der Waals surface area (Å²) in [5.74, 6) is 1.54. The molecule has 5 nitrogen and oxygen atoms in total. The Kier molecular flexibility index (Phi) is 5.90. The van der Waals surface area contributed by atoms with Crippen LogP contribution in [0.25, 0.3) is 0 Å². The van der Waals surface area contributed by atoms with Crippen molar-refractivity contribution < 1.29 is 4.74 Å². The van der Waals surface area contributed by atoms with Crippen molar-refractivity contribution in [1.82, 2.24) is 20.1 Å². The standard InChI is InChI=1S/C16H24N4O/c1-13(2)10-20-16(18-12-19-20)9-17-8-14-6-4-5-7-15(14)11-21-3/h4-7,12-13,17H,8-11H2,1-3H3. The first-order valence-corrected chi connectivity index (χ1v) is 7.33. The van der Waals surface area contributed by atoms with Crippen molar-refractivity contribution in [2.45, 2.75) is 40.1 Å². The van der Waals surface area contributed by atoms with Crippen LogP contribution in [0.5, 0.6) is 0 Å². The van der Waals surface area contributed by atoms with E-state index < -0.39 is 0 Å². The number of benzene rings is 1. The lowest BCUT2D eigenvalue weighted by molar-refractivity contribution is 0.184. The summed E-state index contributed by atoms with van der Waals surface area (Å²) in [7, 11) is 1.72. The maximum absolute atomic E-state index is 5.23. The van der Waals surface area contributed by atoms with Crippen molar-refractivity contribution in [3.8, 4) is 0 Å². The first kappa shape index (κ1) is 15.7. The van der Waals surface area contributed by atoms with Gasteiger partial charge in [0, 0.05) is 20.2 Å². The molecule has 0 fully saturated rings. The monoisotopic (exact) mass is 288 g/mol. The predicted molar refractivity (Wildman–Crippen MR) is 82.6 cm³/mol. The van der Waals surface area contributed by atoms with Gasteiger partial charge in [0.05, 0.1) is 13.2 Å². The number of methoxy groups -OCH3 is 1. The summed E-state index contributed by atoms with van der Waals surface area (Å²) >= 11 is 0. The average molecular weight is 288 g/mol. The lowest BCUT2D eigenvalue weighted by atomic mass is 10.1. The zero-order valence-corrected chi connectivity index (χ0v) is 13.0. The Morgan fingerprint density at radius 1 is 1.19 bits per heavy atom. The molecule has 0 unspecified atom stereocenters. The smallest absolute Gasteiger partial charge is 0.140 e. The quantitative estimate of drug-likeness (QED) is 0.810. The molecule has 0 bridgehead atoms. The number of aromatic nitrogens is 3. The van der Waals surface area contributed by atoms with Gasteiger partial charge in [0.25, 0.3) is 0 Å². The van der Waals surface area contributed by atoms with Gasteiger partial charge in [0.15, 0.2) is 0 Å². The van der Waals surface area contributed by atoms with Gasteiger partial charge in [-0.25, -0.2) is 9.67 Å². The average Bonchev–Trinajstić information content (AvgIpc) is 2.88. The number of ether oxygens (including phenoxy) is 1. The zero-order valence-electron chi connectivity index (χ0n) is 13.0. The van der Waals surface area contributed by atoms with E-state index in [1.807, 2.05) is 10.7 Å². The number of nitrogens with one attached hydrogen (secondary N) is 1. The molecule has 0 amide bonds. The Morgan fingerprint density at radius 2 is 1.95 bits per heavy atom. The fourth-order valence-electron chi connectivity index (χ4n) is 2.26. The predicted octanol–water partition coefficient (Wildman–Crippen LogP) is 2.37. The molecule has 1 aromatic carbocycles. The molecule has 0 saturated carbocycles. The third-order valence-electron chi connectivity index (χ3n) is 3.25. The molecular formula is C16H24N4O. The SMILES string of the molecule is COCc1ccccc1CNCc1ncnn1CC(C)C. The van der Waals surface area contributed by atoms with E-state index in [9.17, 15) is 0 Å². The molecule has 21 heavy (non-hydrogen) atoms. The van der Waals surface area contributed by atoms with Crippen LogP contribution >= 0.6 is 0 Å². The normalized spacial score (nSPS) is 11.2. The highest BCUT2D eigenvalue weighted by Crippen LogP contribution is 2.10. The third-order valence-corrected chi connectivity index (χ3v) is 3.25. The fourth-order valence-corrected chi connectivity index (χ4v) is 2.26. The molecule has 0 spiro atoms. The Labute approximate surface area is 126 Å². The van der Waals surface area contributed by atoms with Crippen LogP contribution in [0.4, 0.5) is 0 Å². The highest BCUT2D eigenvalue weighted by molar-refractivity contribution is 5.26. The number of hydrogen-bond acceptors (Lipinski definition) is 4. The van der Waals surface area contributed by atoms with Crippen LogP contribution in [0.3, 0.4) is 0 Å². The van der Waals surface area contributed by atoms with E-state index in [4.69, 9.17) is 4.74 Å². The van der Waals surface area contributed by atoms with Gasteiger partial charge in [0.1, 0.15) is 12.2 Å². The maximum Gasteiger partial charge on any atom is 0.140 e. The molecule has 2 aromatic rings. The lowest BCUT2D eigenvalue weighted by Crippen LogP contribution is -2.19. The van der Waals surface area contributed by atoms with Crippen LogP contribution in [-0.2, 0) is 31.0 Å². The van der Waals surface area contributed by atoms with Gasteiger partial charge in [-0.3, -0.25) is 0 Å². The van der Waals surface area contributed by atoms with Crippen molar-refractivity contribution in [3.05, 3.63) is 47.5 Å². The minimum Gasteiger partial charge on any atom is -0.380 e. The van der Waals surface area contributed by atoms with E-state index in [1.54, 1.807) is 13.4 Å². The van der Waals surface area contributed by atoms with Crippen LogP contribution in [-0.4, -0.2) is 21.9 Å². The minimum atomic E-state index is 0.563. The topological polar surface area (TPSA) is 52.0 Å². The van der Waals surface area contributed by atoms with Gasteiger partial charge >= 0.3 is 0 Å². The molecule has 0 aliphatic rings. The summed E-state index contributed by atoms with van der Waals surface area (Å²) in [6.45, 7) is 7.42. The molecule has 1 heterocycles. The summed E-state index contributed by atoms with van der Waals surface area (Å²) in [6, 6.07) is 8.32. The second kappa shape index (κ2) is 7.90. The Balaban J connectivity index is 1.91. The molecule has 0 aliphatic heterocycles. The van der Waals surface area contributed by atoms with E-state index in [-0.39, 0.29) is 0 Å².